The number of nitrogens with one attached hydrogen (secondary N) is 2. The second-order valence-electron chi connectivity index (χ2n) is 8.34. The number of anilines is 2. The average molecular weight is 484 g/mol. The minimum Gasteiger partial charge on any atom is -0.348 e. The summed E-state index contributed by atoms with van der Waals surface area (Å²) in [6.45, 7) is -0.720. The van der Waals surface area contributed by atoms with Crippen LogP contribution >= 0.6 is 0 Å². The Kier molecular flexibility index (Phi) is 5.64. The van der Waals surface area contributed by atoms with Crippen molar-refractivity contribution < 1.29 is 22.4 Å². The number of rotatable bonds is 6. The molecule has 0 atom stereocenters. The molecule has 0 spiro atoms. The maximum absolute atomic E-state index is 13.6. The molecule has 7 nitrogen and oxygen atoms in total. The number of nitrogens with zero attached hydrogens (tertiary/aromatic N) is 4. The van der Waals surface area contributed by atoms with Gasteiger partial charge in [-0.3, -0.25) is 14.1 Å². The van der Waals surface area contributed by atoms with E-state index >= 15 is 0 Å². The van der Waals surface area contributed by atoms with Crippen molar-refractivity contribution in [2.75, 3.05) is 18.9 Å². The third-order valence-corrected chi connectivity index (χ3v) is 5.67. The van der Waals surface area contributed by atoms with Crippen molar-refractivity contribution in [2.45, 2.75) is 19.3 Å². The van der Waals surface area contributed by atoms with Crippen LogP contribution in [0.1, 0.15) is 21.6 Å². The number of imidazole rings is 1. The molecule has 0 saturated carbocycles. The lowest BCUT2D eigenvalue weighted by atomic mass is 9.99. The van der Waals surface area contributed by atoms with Gasteiger partial charge in [0.05, 0.1) is 35.4 Å². The van der Waals surface area contributed by atoms with Gasteiger partial charge in [0.2, 0.25) is 0 Å². The quantitative estimate of drug-likeness (QED) is 0.394. The summed E-state index contributed by atoms with van der Waals surface area (Å²) in [5.41, 5.74) is 4.12. The fraction of sp³-hybridized carbons (Fsp3) is 0.208. The van der Waals surface area contributed by atoms with Crippen LogP contribution in [-0.4, -0.2) is 44.9 Å². The van der Waals surface area contributed by atoms with Gasteiger partial charge in [-0.1, -0.05) is 12.1 Å². The van der Waals surface area contributed by atoms with Gasteiger partial charge < -0.3 is 10.6 Å². The smallest absolute Gasteiger partial charge is 0.348 e. The lowest BCUT2D eigenvalue weighted by molar-refractivity contribution is -0.144. The zero-order chi connectivity index (χ0) is 24.7. The van der Waals surface area contributed by atoms with Gasteiger partial charge in [-0.05, 0) is 36.9 Å². The molecule has 35 heavy (non-hydrogen) atoms. The summed E-state index contributed by atoms with van der Waals surface area (Å²) in [7, 11) is 1.37. The monoisotopic (exact) mass is 484 g/mol. The first-order chi connectivity index (χ1) is 16.7. The maximum Gasteiger partial charge on any atom is 0.401 e. The molecule has 11 heteroatoms. The number of benzene rings is 1. The highest BCUT2D eigenvalue weighted by Crippen LogP contribution is 2.35. The molecular formula is C24H20F4N6O. The number of halogens is 4. The van der Waals surface area contributed by atoms with Gasteiger partial charge in [0.25, 0.3) is 5.91 Å². The number of carbonyl (C=O) groups excluding carboxylic acids is 1. The van der Waals surface area contributed by atoms with E-state index in [9.17, 15) is 22.4 Å². The van der Waals surface area contributed by atoms with E-state index in [4.69, 9.17) is 0 Å². The van der Waals surface area contributed by atoms with Gasteiger partial charge in [-0.2, -0.15) is 13.2 Å². The highest BCUT2D eigenvalue weighted by Gasteiger charge is 2.29. The predicted octanol–water partition coefficient (Wildman–Crippen LogP) is 4.52. The van der Waals surface area contributed by atoms with Crippen molar-refractivity contribution in [1.82, 2.24) is 24.6 Å². The Balaban J connectivity index is 1.45. The number of alkyl halides is 3. The van der Waals surface area contributed by atoms with Crippen molar-refractivity contribution in [3.05, 3.63) is 77.5 Å². The summed E-state index contributed by atoms with van der Waals surface area (Å²) in [4.78, 5) is 22.5. The summed E-state index contributed by atoms with van der Waals surface area (Å²) in [5, 5.41) is 5.96. The van der Waals surface area contributed by atoms with Crippen LogP contribution in [0.3, 0.4) is 0 Å². The Labute approximate surface area is 197 Å². The summed E-state index contributed by atoms with van der Waals surface area (Å²) in [6.07, 6.45) is -1.08. The van der Waals surface area contributed by atoms with Crippen molar-refractivity contribution in [3.8, 4) is 11.3 Å². The second kappa shape index (κ2) is 8.66. The Morgan fingerprint density at radius 2 is 2.03 bits per heavy atom. The number of hydrogen-bond donors (Lipinski definition) is 2. The zero-order valence-electron chi connectivity index (χ0n) is 18.5. The van der Waals surface area contributed by atoms with Gasteiger partial charge in [-0.25, -0.2) is 14.4 Å². The van der Waals surface area contributed by atoms with E-state index in [2.05, 4.69) is 20.6 Å². The number of hydrogen-bond acceptors (Lipinski definition) is 5. The van der Waals surface area contributed by atoms with Gasteiger partial charge in [0.1, 0.15) is 17.3 Å². The van der Waals surface area contributed by atoms with Crippen LogP contribution in [0.5, 0.6) is 0 Å². The minimum absolute atomic E-state index is 0.0153. The predicted molar refractivity (Wildman–Crippen MR) is 122 cm³/mol. The van der Waals surface area contributed by atoms with E-state index in [0.29, 0.717) is 40.6 Å². The molecule has 1 aromatic carbocycles. The molecule has 5 rings (SSSR count). The number of aromatic nitrogens is 3. The number of carbonyl (C=O) groups is 1. The highest BCUT2D eigenvalue weighted by atomic mass is 19.4. The summed E-state index contributed by atoms with van der Waals surface area (Å²) in [5.74, 6) is -0.247. The molecule has 4 heterocycles. The number of pyridine rings is 2. The van der Waals surface area contributed by atoms with E-state index in [0.717, 1.165) is 16.0 Å². The fourth-order valence-corrected chi connectivity index (χ4v) is 4.26. The number of amides is 1. The van der Waals surface area contributed by atoms with Crippen molar-refractivity contribution in [1.29, 1.82) is 0 Å². The molecule has 0 unspecified atom stereocenters. The molecule has 4 aromatic rings. The Bertz CT molecular complexity index is 1430. The van der Waals surface area contributed by atoms with Gasteiger partial charge in [0, 0.05) is 30.9 Å². The van der Waals surface area contributed by atoms with Crippen LogP contribution < -0.4 is 10.6 Å². The molecule has 0 fully saturated rings. The van der Waals surface area contributed by atoms with Crippen LogP contribution in [0.2, 0.25) is 0 Å². The molecule has 1 aliphatic rings. The summed E-state index contributed by atoms with van der Waals surface area (Å²) in [6, 6.07) is 11.3. The van der Waals surface area contributed by atoms with Crippen LogP contribution in [0, 0.1) is 5.82 Å². The molecule has 0 radical (unpaired) electrons. The van der Waals surface area contributed by atoms with E-state index in [1.165, 1.54) is 19.2 Å². The van der Waals surface area contributed by atoms with Crippen LogP contribution in [-0.2, 0) is 13.1 Å². The normalized spacial score (nSPS) is 13.4. The molecule has 180 valence electrons. The molecule has 3 aromatic heterocycles. The fourth-order valence-electron chi connectivity index (χ4n) is 4.26. The third-order valence-electron chi connectivity index (χ3n) is 5.67. The van der Waals surface area contributed by atoms with Gasteiger partial charge in [0.15, 0.2) is 0 Å². The standard InChI is InChI=1S/C24H20F4N6O/c1-33(13-24(26,27)28)12-15-3-2-4-20(31-15)32-18-6-5-16(17-10-30-23(35)22(17)18)19-11-29-21-9-14(25)7-8-34(19)21/h2-9,11H,10,12-13H2,1H3,(H,30,35)(H,31,32). The first-order valence-corrected chi connectivity index (χ1v) is 10.7. The highest BCUT2D eigenvalue weighted by molar-refractivity contribution is 6.06. The minimum atomic E-state index is -4.30. The van der Waals surface area contributed by atoms with Crippen molar-refractivity contribution in [3.63, 3.8) is 0 Å². The largest absolute Gasteiger partial charge is 0.401 e. The molecule has 1 aliphatic heterocycles. The van der Waals surface area contributed by atoms with Crippen LogP contribution in [0.4, 0.5) is 29.1 Å². The molecule has 0 aliphatic carbocycles. The lowest BCUT2D eigenvalue weighted by Crippen LogP contribution is -2.30. The van der Waals surface area contributed by atoms with Gasteiger partial charge in [-0.15, -0.1) is 0 Å². The Hall–Kier alpha value is -3.99. The first-order valence-electron chi connectivity index (χ1n) is 10.7. The zero-order valence-corrected chi connectivity index (χ0v) is 18.5. The van der Waals surface area contributed by atoms with E-state index < -0.39 is 18.5 Å². The Morgan fingerprint density at radius 1 is 1.20 bits per heavy atom. The lowest BCUT2D eigenvalue weighted by Gasteiger charge is -2.18. The Morgan fingerprint density at radius 3 is 2.83 bits per heavy atom. The summed E-state index contributed by atoms with van der Waals surface area (Å²) < 4.78 is 53.3. The molecular weight excluding hydrogens is 464 g/mol. The van der Waals surface area contributed by atoms with E-state index in [1.54, 1.807) is 41.1 Å². The topological polar surface area (TPSA) is 74.6 Å². The first kappa shape index (κ1) is 22.8. The van der Waals surface area contributed by atoms with E-state index in [-0.39, 0.29) is 12.5 Å². The van der Waals surface area contributed by atoms with E-state index in [1.807, 2.05) is 6.07 Å². The van der Waals surface area contributed by atoms with Crippen LogP contribution in [0.25, 0.3) is 16.9 Å². The maximum atomic E-state index is 13.6. The third kappa shape index (κ3) is 4.67. The average Bonchev–Trinajstić information content (AvgIpc) is 3.37. The van der Waals surface area contributed by atoms with Crippen molar-refractivity contribution in [2.24, 2.45) is 0 Å². The second-order valence-corrected chi connectivity index (χ2v) is 8.34. The van der Waals surface area contributed by atoms with Crippen LogP contribution in [0.15, 0.2) is 54.9 Å². The summed E-state index contributed by atoms with van der Waals surface area (Å²) >= 11 is 0. The molecule has 1 amide bonds. The van der Waals surface area contributed by atoms with Gasteiger partial charge >= 0.3 is 6.18 Å². The molecule has 0 bridgehead atoms. The molecule has 2 N–H and O–H groups in total. The SMILES string of the molecule is CN(Cc1cccc(Nc2ccc(-c3cnc4cc(F)ccn34)c3c2C(=O)NC3)n1)CC(F)(F)F. The molecule has 0 saturated heterocycles. The van der Waals surface area contributed by atoms with Crippen molar-refractivity contribution >= 4 is 23.1 Å². The number of fused-ring (bicyclic) bond motifs is 2.